The molecule has 0 spiro atoms. The van der Waals surface area contributed by atoms with E-state index in [0.717, 1.165) is 0 Å². The fraction of sp³-hybridized carbons (Fsp3) is 0.444. The van der Waals surface area contributed by atoms with Crippen LogP contribution in [0.15, 0.2) is 18.2 Å². The molecule has 0 fully saturated rings. The number of fused-ring (bicyclic) bond motifs is 1. The van der Waals surface area contributed by atoms with Crippen LogP contribution < -0.4 is 19.7 Å². The summed E-state index contributed by atoms with van der Waals surface area (Å²) in [5, 5.41) is 2.54. The molecule has 0 unspecified atom stereocenters. The van der Waals surface area contributed by atoms with E-state index in [4.69, 9.17) is 20.6 Å². The number of hydrogen-bond acceptors (Lipinski definition) is 5. The Morgan fingerprint density at radius 2 is 2.20 bits per heavy atom. The molecule has 7 nitrogen and oxygen atoms in total. The molecule has 0 saturated carbocycles. The summed E-state index contributed by atoms with van der Waals surface area (Å²) in [6, 6.07) is 4.21. The van der Waals surface area contributed by atoms with Crippen LogP contribution in [0.2, 0.25) is 0 Å². The lowest BCUT2D eigenvalue weighted by atomic mass is 10.2. The van der Waals surface area contributed by atoms with Gasteiger partial charge in [0.2, 0.25) is 0 Å². The number of nitrogens with one attached hydrogen (secondary N) is 1. The van der Waals surface area contributed by atoms with Crippen molar-refractivity contribution in [1.29, 1.82) is 0 Å². The van der Waals surface area contributed by atoms with Crippen molar-refractivity contribution in [2.75, 3.05) is 25.2 Å². The topological polar surface area (TPSA) is 77.1 Å². The summed E-state index contributed by atoms with van der Waals surface area (Å²) < 4.78 is 16.2. The first-order valence-corrected chi connectivity index (χ1v) is 7.81. The van der Waals surface area contributed by atoms with Crippen molar-refractivity contribution in [3.63, 3.8) is 0 Å². The molecule has 1 aliphatic heterocycles. The summed E-state index contributed by atoms with van der Waals surface area (Å²) >= 11 is 0. The highest BCUT2D eigenvalue weighted by molar-refractivity contribution is 6.00. The van der Waals surface area contributed by atoms with E-state index in [9.17, 15) is 9.59 Å². The molecule has 0 aromatic heterocycles. The molecule has 7 heteroatoms. The van der Waals surface area contributed by atoms with Crippen molar-refractivity contribution >= 4 is 17.7 Å². The molecule has 1 heterocycles. The molecule has 0 radical (unpaired) electrons. The smallest absolute Gasteiger partial charge is 0.408 e. The molecule has 0 aliphatic carbocycles. The van der Waals surface area contributed by atoms with Gasteiger partial charge in [-0.05, 0) is 32.9 Å². The Morgan fingerprint density at radius 3 is 2.84 bits per heavy atom. The molecule has 1 aromatic rings. The van der Waals surface area contributed by atoms with E-state index in [0.29, 0.717) is 17.2 Å². The summed E-state index contributed by atoms with van der Waals surface area (Å²) in [6.45, 7) is 5.37. The van der Waals surface area contributed by atoms with Crippen LogP contribution >= 0.6 is 0 Å². The Kier molecular flexibility index (Phi) is 5.42. The molecule has 134 valence electrons. The Balaban J connectivity index is 2.15. The van der Waals surface area contributed by atoms with E-state index < -0.39 is 17.7 Å². The zero-order chi connectivity index (χ0) is 18.6. The van der Waals surface area contributed by atoms with Crippen LogP contribution in [0.5, 0.6) is 11.5 Å². The predicted octanol–water partition coefficient (Wildman–Crippen LogP) is 1.95. The van der Waals surface area contributed by atoms with E-state index in [2.05, 4.69) is 11.2 Å². The lowest BCUT2D eigenvalue weighted by molar-refractivity contribution is -0.120. The van der Waals surface area contributed by atoms with E-state index >= 15 is 0 Å². The van der Waals surface area contributed by atoms with Crippen molar-refractivity contribution in [2.45, 2.75) is 32.4 Å². The number of hydrogen-bond donors (Lipinski definition) is 1. The molecular weight excluding hydrogens is 324 g/mol. The predicted molar refractivity (Wildman–Crippen MR) is 92.8 cm³/mol. The third-order valence-electron chi connectivity index (χ3n) is 3.34. The average Bonchev–Trinajstić information content (AvgIpc) is 2.63. The number of ether oxygens (including phenoxy) is 3. The summed E-state index contributed by atoms with van der Waals surface area (Å²) in [5.74, 6) is 3.10. The summed E-state index contributed by atoms with van der Waals surface area (Å²) in [4.78, 5) is 26.0. The van der Waals surface area contributed by atoms with Crippen molar-refractivity contribution in [2.24, 2.45) is 0 Å². The van der Waals surface area contributed by atoms with Crippen molar-refractivity contribution < 1.29 is 23.8 Å². The molecule has 1 atom stereocenters. The second kappa shape index (κ2) is 7.34. The van der Waals surface area contributed by atoms with Gasteiger partial charge in [0.1, 0.15) is 36.4 Å². The van der Waals surface area contributed by atoms with Crippen LogP contribution in [0.25, 0.3) is 0 Å². The quantitative estimate of drug-likeness (QED) is 0.847. The van der Waals surface area contributed by atoms with Gasteiger partial charge >= 0.3 is 6.09 Å². The third-order valence-corrected chi connectivity index (χ3v) is 3.34. The number of carbonyl (C=O) groups excluding carboxylic acids is 2. The number of alkyl carbamates (subject to hydrolysis) is 1. The largest absolute Gasteiger partial charge is 0.489 e. The molecule has 2 amide bonds. The Morgan fingerprint density at radius 1 is 1.48 bits per heavy atom. The van der Waals surface area contributed by atoms with Crippen molar-refractivity contribution in [3.8, 4) is 23.8 Å². The number of carbonyl (C=O) groups is 2. The summed E-state index contributed by atoms with van der Waals surface area (Å²) in [6.07, 6.45) is 4.51. The van der Waals surface area contributed by atoms with Crippen molar-refractivity contribution in [1.82, 2.24) is 5.32 Å². The van der Waals surface area contributed by atoms with E-state index in [-0.39, 0.29) is 19.1 Å². The molecule has 1 N–H and O–H groups in total. The molecule has 0 bridgehead atoms. The fourth-order valence-electron chi connectivity index (χ4n) is 2.25. The first-order chi connectivity index (χ1) is 11.7. The van der Waals surface area contributed by atoms with Gasteiger partial charge in [-0.25, -0.2) is 4.79 Å². The van der Waals surface area contributed by atoms with Crippen LogP contribution in [0.3, 0.4) is 0 Å². The van der Waals surface area contributed by atoms with Crippen LogP contribution in [0.1, 0.15) is 20.8 Å². The van der Waals surface area contributed by atoms with E-state index in [1.807, 2.05) is 0 Å². The second-order valence-corrected chi connectivity index (χ2v) is 6.53. The summed E-state index contributed by atoms with van der Waals surface area (Å²) in [7, 11) is 1.60. The Hall–Kier alpha value is -2.88. The van der Waals surface area contributed by atoms with Gasteiger partial charge in [0, 0.05) is 13.1 Å². The molecule has 25 heavy (non-hydrogen) atoms. The van der Waals surface area contributed by atoms with Gasteiger partial charge in [-0.2, -0.15) is 0 Å². The standard InChI is InChI=1S/C18H22N2O5/c1-6-9-23-12-7-8-15-14(10-12)20(5)16(21)13(11-24-15)19-17(22)25-18(2,3)4/h1,7-8,10,13H,9,11H2,2-5H3,(H,19,22)/t13-/m0/s1. The third kappa shape index (κ3) is 4.80. The number of rotatable bonds is 3. The molecule has 0 saturated heterocycles. The van der Waals surface area contributed by atoms with Gasteiger partial charge in [0.25, 0.3) is 5.91 Å². The average molecular weight is 346 g/mol. The van der Waals surface area contributed by atoms with Crippen LogP contribution in [-0.2, 0) is 9.53 Å². The number of benzene rings is 1. The SMILES string of the molecule is C#CCOc1ccc2c(c1)N(C)C(=O)[C@@H](NC(=O)OC(C)(C)C)CO2. The zero-order valence-corrected chi connectivity index (χ0v) is 14.8. The number of nitrogens with zero attached hydrogens (tertiary/aromatic N) is 1. The minimum absolute atomic E-state index is 0.0000243. The fourth-order valence-corrected chi connectivity index (χ4v) is 2.25. The van der Waals surface area contributed by atoms with E-state index in [1.54, 1.807) is 46.0 Å². The highest BCUT2D eigenvalue weighted by Crippen LogP contribution is 2.34. The molecule has 2 rings (SSSR count). The van der Waals surface area contributed by atoms with Gasteiger partial charge in [-0.3, -0.25) is 4.79 Å². The van der Waals surface area contributed by atoms with Gasteiger partial charge in [-0.15, -0.1) is 6.42 Å². The normalized spacial score (nSPS) is 16.8. The Labute approximate surface area is 147 Å². The van der Waals surface area contributed by atoms with Gasteiger partial charge in [0.15, 0.2) is 0 Å². The number of amides is 2. The second-order valence-electron chi connectivity index (χ2n) is 6.53. The monoisotopic (exact) mass is 346 g/mol. The lowest BCUT2D eigenvalue weighted by Crippen LogP contribution is -2.50. The maximum Gasteiger partial charge on any atom is 0.408 e. The maximum absolute atomic E-state index is 12.6. The summed E-state index contributed by atoms with van der Waals surface area (Å²) in [5.41, 5.74) is -0.121. The minimum Gasteiger partial charge on any atom is -0.489 e. The first kappa shape index (κ1) is 18.5. The molecule has 1 aliphatic rings. The van der Waals surface area contributed by atoms with Crippen molar-refractivity contribution in [3.05, 3.63) is 18.2 Å². The highest BCUT2D eigenvalue weighted by Gasteiger charge is 2.32. The maximum atomic E-state index is 12.6. The number of likely N-dealkylation sites (N-methyl/N-ethyl adjacent to an activating group) is 1. The van der Waals surface area contributed by atoms with E-state index in [1.165, 1.54) is 4.90 Å². The van der Waals surface area contributed by atoms with Crippen LogP contribution in [-0.4, -0.2) is 43.9 Å². The first-order valence-electron chi connectivity index (χ1n) is 7.81. The van der Waals surface area contributed by atoms with Gasteiger partial charge < -0.3 is 24.4 Å². The van der Waals surface area contributed by atoms with Crippen LogP contribution in [0, 0.1) is 12.3 Å². The molecule has 1 aromatic carbocycles. The number of anilines is 1. The minimum atomic E-state index is -0.859. The highest BCUT2D eigenvalue weighted by atomic mass is 16.6. The lowest BCUT2D eigenvalue weighted by Gasteiger charge is -2.23. The van der Waals surface area contributed by atoms with Gasteiger partial charge in [0.05, 0.1) is 5.69 Å². The number of terminal acetylenes is 1. The van der Waals surface area contributed by atoms with Crippen LogP contribution in [0.4, 0.5) is 10.5 Å². The van der Waals surface area contributed by atoms with Gasteiger partial charge in [-0.1, -0.05) is 5.92 Å². The zero-order valence-electron chi connectivity index (χ0n) is 14.8. The molecular formula is C18H22N2O5. The Bertz CT molecular complexity index is 702.